The molecule has 0 unspecified atom stereocenters. The molecule has 2 rings (SSSR count). The van der Waals surface area contributed by atoms with E-state index >= 15 is 0 Å². The van der Waals surface area contributed by atoms with E-state index in [9.17, 15) is 18.0 Å². The molecule has 8 nitrogen and oxygen atoms in total. The van der Waals surface area contributed by atoms with Crippen LogP contribution in [0.25, 0.3) is 0 Å². The largest absolute Gasteiger partial charge is 0.495 e. The Morgan fingerprint density at radius 1 is 1.15 bits per heavy atom. The Hall–Kier alpha value is -2.62. The number of anilines is 1. The number of carbonyl (C=O) groups is 2. The van der Waals surface area contributed by atoms with Gasteiger partial charge in [0.25, 0.3) is 5.91 Å². The van der Waals surface area contributed by atoms with E-state index in [1.165, 1.54) is 37.4 Å². The van der Waals surface area contributed by atoms with Gasteiger partial charge >= 0.3 is 0 Å². The molecule has 138 valence electrons. The number of primary sulfonamides is 1. The lowest BCUT2D eigenvalue weighted by Gasteiger charge is -2.11. The van der Waals surface area contributed by atoms with Gasteiger partial charge in [0.05, 0.1) is 13.7 Å². The first-order valence-corrected chi connectivity index (χ1v) is 9.17. The molecule has 0 radical (unpaired) electrons. The number of carbonyl (C=O) groups excluding carboxylic acids is 2. The molecule has 0 spiro atoms. The predicted molar refractivity (Wildman–Crippen MR) is 96.8 cm³/mol. The third kappa shape index (κ3) is 5.19. The first-order valence-electron chi connectivity index (χ1n) is 7.25. The summed E-state index contributed by atoms with van der Waals surface area (Å²) in [4.78, 5) is 23.6. The zero-order valence-corrected chi connectivity index (χ0v) is 15.2. The second-order valence-corrected chi connectivity index (χ2v) is 7.11. The molecule has 4 N–H and O–H groups in total. The molecule has 2 amide bonds. The van der Waals surface area contributed by atoms with E-state index in [1.54, 1.807) is 12.1 Å². The van der Waals surface area contributed by atoms with Crippen molar-refractivity contribution in [2.75, 3.05) is 19.0 Å². The monoisotopic (exact) mass is 397 g/mol. The van der Waals surface area contributed by atoms with Gasteiger partial charge in [0.15, 0.2) is 0 Å². The quantitative estimate of drug-likeness (QED) is 0.678. The second kappa shape index (κ2) is 8.17. The van der Waals surface area contributed by atoms with Crippen molar-refractivity contribution >= 4 is 39.1 Å². The van der Waals surface area contributed by atoms with Crippen LogP contribution in [0.2, 0.25) is 5.02 Å². The summed E-state index contributed by atoms with van der Waals surface area (Å²) in [7, 11) is -2.73. The summed E-state index contributed by atoms with van der Waals surface area (Å²) < 4.78 is 28.1. The van der Waals surface area contributed by atoms with Crippen molar-refractivity contribution < 1.29 is 22.7 Å². The first-order chi connectivity index (χ1) is 12.2. The molecule has 0 fully saturated rings. The van der Waals surface area contributed by atoms with Gasteiger partial charge in [-0.25, -0.2) is 13.6 Å². The van der Waals surface area contributed by atoms with E-state index < -0.39 is 21.8 Å². The lowest BCUT2D eigenvalue weighted by molar-refractivity contribution is -0.115. The summed E-state index contributed by atoms with van der Waals surface area (Å²) in [5.74, 6) is -0.934. The van der Waals surface area contributed by atoms with Gasteiger partial charge < -0.3 is 15.4 Å². The third-order valence-corrected chi connectivity index (χ3v) is 4.45. The molecular formula is C16H16ClN3O5S. The number of hydrogen-bond acceptors (Lipinski definition) is 5. The van der Waals surface area contributed by atoms with Crippen LogP contribution < -0.4 is 20.5 Å². The molecule has 2 aromatic rings. The topological polar surface area (TPSA) is 128 Å². The average molecular weight is 398 g/mol. The van der Waals surface area contributed by atoms with Crippen LogP contribution in [0.3, 0.4) is 0 Å². The molecule has 0 aromatic heterocycles. The number of methoxy groups -OCH3 is 1. The van der Waals surface area contributed by atoms with E-state index in [1.807, 2.05) is 0 Å². The van der Waals surface area contributed by atoms with Crippen LogP contribution in [0, 0.1) is 0 Å². The van der Waals surface area contributed by atoms with Gasteiger partial charge in [-0.05, 0) is 42.5 Å². The summed E-state index contributed by atoms with van der Waals surface area (Å²) in [6.07, 6.45) is 0. The minimum Gasteiger partial charge on any atom is -0.495 e. The Bertz CT molecular complexity index is 929. The van der Waals surface area contributed by atoms with E-state index in [-0.39, 0.29) is 22.9 Å². The number of rotatable bonds is 6. The number of halogens is 1. The van der Waals surface area contributed by atoms with Crippen LogP contribution >= 0.6 is 11.6 Å². The van der Waals surface area contributed by atoms with Gasteiger partial charge in [-0.2, -0.15) is 0 Å². The van der Waals surface area contributed by atoms with E-state index in [2.05, 4.69) is 10.6 Å². The maximum absolute atomic E-state index is 12.0. The predicted octanol–water partition coefficient (Wildman–Crippen LogP) is 1.36. The molecule has 0 aliphatic rings. The molecule has 10 heteroatoms. The van der Waals surface area contributed by atoms with Crippen LogP contribution in [0.4, 0.5) is 5.69 Å². The number of ether oxygens (including phenoxy) is 1. The van der Waals surface area contributed by atoms with Gasteiger partial charge in [-0.1, -0.05) is 11.6 Å². The summed E-state index contributed by atoms with van der Waals surface area (Å²) in [5.41, 5.74) is 0.545. The molecule has 0 aliphatic heterocycles. The maximum Gasteiger partial charge on any atom is 0.251 e. The molecule has 0 saturated heterocycles. The Morgan fingerprint density at radius 2 is 1.81 bits per heavy atom. The molecular weight excluding hydrogens is 382 g/mol. The van der Waals surface area contributed by atoms with E-state index in [0.717, 1.165) is 0 Å². The van der Waals surface area contributed by atoms with Crippen molar-refractivity contribution in [3.63, 3.8) is 0 Å². The first kappa shape index (κ1) is 19.7. The number of hydrogen-bond donors (Lipinski definition) is 3. The van der Waals surface area contributed by atoms with Crippen LogP contribution in [-0.4, -0.2) is 33.9 Å². The van der Waals surface area contributed by atoms with Crippen molar-refractivity contribution in [2.45, 2.75) is 4.90 Å². The molecule has 2 aromatic carbocycles. The normalized spacial score (nSPS) is 10.9. The fourth-order valence-corrected chi connectivity index (χ4v) is 2.89. The lowest BCUT2D eigenvalue weighted by Crippen LogP contribution is -2.32. The number of nitrogens with one attached hydrogen (secondary N) is 2. The second-order valence-electron chi connectivity index (χ2n) is 5.15. The smallest absolute Gasteiger partial charge is 0.251 e. The van der Waals surface area contributed by atoms with Crippen molar-refractivity contribution in [2.24, 2.45) is 5.14 Å². The zero-order chi connectivity index (χ0) is 19.3. The Labute approximate surface area is 155 Å². The van der Waals surface area contributed by atoms with Gasteiger partial charge in [0.1, 0.15) is 10.6 Å². The van der Waals surface area contributed by atoms with E-state index in [4.69, 9.17) is 21.5 Å². The highest BCUT2D eigenvalue weighted by molar-refractivity contribution is 7.89. The summed E-state index contributed by atoms with van der Waals surface area (Å²) in [6.45, 7) is -0.307. The van der Waals surface area contributed by atoms with Crippen molar-refractivity contribution in [3.8, 4) is 5.75 Å². The summed E-state index contributed by atoms with van der Waals surface area (Å²) in [5, 5.41) is 10.5. The standard InChI is InChI=1S/C16H16ClN3O5S/c1-25-13-7-6-12(8-14(13)26(18,23)24)20-15(21)9-19-16(22)10-2-4-11(17)5-3-10/h2-8H,9H2,1H3,(H,19,22)(H,20,21)(H2,18,23,24). The molecule has 0 bridgehead atoms. The van der Waals surface area contributed by atoms with Crippen LogP contribution in [0.15, 0.2) is 47.4 Å². The van der Waals surface area contributed by atoms with Crippen LogP contribution in [0.5, 0.6) is 5.75 Å². The summed E-state index contributed by atoms with van der Waals surface area (Å²) in [6, 6.07) is 10.2. The molecule has 0 saturated carbocycles. The molecule has 0 atom stereocenters. The minimum atomic E-state index is -4.03. The highest BCUT2D eigenvalue weighted by Crippen LogP contribution is 2.25. The van der Waals surface area contributed by atoms with Crippen molar-refractivity contribution in [3.05, 3.63) is 53.1 Å². The van der Waals surface area contributed by atoms with Crippen molar-refractivity contribution in [1.29, 1.82) is 0 Å². The van der Waals surface area contributed by atoms with Crippen molar-refractivity contribution in [1.82, 2.24) is 5.32 Å². The van der Waals surface area contributed by atoms with Gasteiger partial charge in [-0.15, -0.1) is 0 Å². The van der Waals surface area contributed by atoms with E-state index in [0.29, 0.717) is 10.6 Å². The van der Waals surface area contributed by atoms with Gasteiger partial charge in [0, 0.05) is 16.3 Å². The molecule has 0 aliphatic carbocycles. The number of nitrogens with two attached hydrogens (primary N) is 1. The highest BCUT2D eigenvalue weighted by Gasteiger charge is 2.16. The zero-order valence-electron chi connectivity index (χ0n) is 13.7. The number of benzene rings is 2. The Morgan fingerprint density at radius 3 is 2.38 bits per heavy atom. The minimum absolute atomic E-state index is 0.0570. The SMILES string of the molecule is COc1ccc(NC(=O)CNC(=O)c2ccc(Cl)cc2)cc1S(N)(=O)=O. The van der Waals surface area contributed by atoms with Crippen LogP contribution in [-0.2, 0) is 14.8 Å². The molecule has 26 heavy (non-hydrogen) atoms. The molecule has 0 heterocycles. The Kier molecular flexibility index (Phi) is 6.19. The third-order valence-electron chi connectivity index (χ3n) is 3.27. The fourth-order valence-electron chi connectivity index (χ4n) is 2.05. The number of amides is 2. The average Bonchev–Trinajstić information content (AvgIpc) is 2.59. The van der Waals surface area contributed by atoms with Gasteiger partial charge in [0.2, 0.25) is 15.9 Å². The maximum atomic E-state index is 12.0. The number of sulfonamides is 1. The Balaban J connectivity index is 2.01. The lowest BCUT2D eigenvalue weighted by atomic mass is 10.2. The van der Waals surface area contributed by atoms with Gasteiger partial charge in [-0.3, -0.25) is 9.59 Å². The fraction of sp³-hybridized carbons (Fsp3) is 0.125. The summed E-state index contributed by atoms with van der Waals surface area (Å²) >= 11 is 5.74. The van der Waals surface area contributed by atoms with Crippen LogP contribution in [0.1, 0.15) is 10.4 Å². The highest BCUT2D eigenvalue weighted by atomic mass is 35.5.